The molecule has 1 fully saturated rings. The molecule has 0 unspecified atom stereocenters. The normalized spacial score (nSPS) is 22.2. The summed E-state index contributed by atoms with van der Waals surface area (Å²) in [7, 11) is 1.71. The van der Waals surface area contributed by atoms with Crippen LogP contribution in [0, 0.1) is 5.92 Å². The van der Waals surface area contributed by atoms with E-state index in [9.17, 15) is 0 Å². The third-order valence-corrected chi connectivity index (χ3v) is 5.94. The molecular weight excluding hydrogens is 372 g/mol. The van der Waals surface area contributed by atoms with Crippen LogP contribution < -0.4 is 19.3 Å². The van der Waals surface area contributed by atoms with Crippen LogP contribution in [0.3, 0.4) is 0 Å². The van der Waals surface area contributed by atoms with Gasteiger partial charge in [-0.2, -0.15) is 0 Å². The summed E-state index contributed by atoms with van der Waals surface area (Å²) in [6.07, 6.45) is 0. The SMILES string of the molecule is COCCn1nnnc1[C@@H](C(C)C)[NH+]1CC[NH+](Cc2ccc3c(c2)OCO3)CC1. The van der Waals surface area contributed by atoms with Crippen LogP contribution in [0.5, 0.6) is 11.5 Å². The number of ether oxygens (including phenoxy) is 3. The van der Waals surface area contributed by atoms with E-state index in [0.29, 0.717) is 31.9 Å². The quantitative estimate of drug-likeness (QED) is 0.571. The van der Waals surface area contributed by atoms with E-state index in [1.54, 1.807) is 16.9 Å². The lowest BCUT2D eigenvalue weighted by atomic mass is 10.0. The number of hydrogen-bond donors (Lipinski definition) is 2. The van der Waals surface area contributed by atoms with Crippen LogP contribution in [0.4, 0.5) is 0 Å². The predicted octanol–water partition coefficient (Wildman–Crippen LogP) is -1.27. The fourth-order valence-electron chi connectivity index (χ4n) is 4.48. The number of tetrazole rings is 1. The molecule has 2 aromatic rings. The molecule has 1 saturated heterocycles. The van der Waals surface area contributed by atoms with Crippen LogP contribution >= 0.6 is 0 Å². The molecule has 0 saturated carbocycles. The minimum atomic E-state index is 0.300. The molecular formula is C20H32N6O3+2. The summed E-state index contributed by atoms with van der Waals surface area (Å²) in [6, 6.07) is 6.59. The van der Waals surface area contributed by atoms with Gasteiger partial charge in [0.2, 0.25) is 12.6 Å². The van der Waals surface area contributed by atoms with Gasteiger partial charge < -0.3 is 24.0 Å². The topological polar surface area (TPSA) is 80.2 Å². The van der Waals surface area contributed by atoms with E-state index < -0.39 is 0 Å². The first kappa shape index (κ1) is 20.1. The van der Waals surface area contributed by atoms with Crippen LogP contribution in [0.2, 0.25) is 0 Å². The number of quaternary nitrogens is 2. The third-order valence-electron chi connectivity index (χ3n) is 5.94. The first-order chi connectivity index (χ1) is 14.2. The first-order valence-corrected chi connectivity index (χ1v) is 10.5. The fraction of sp³-hybridized carbons (Fsp3) is 0.650. The van der Waals surface area contributed by atoms with Crippen molar-refractivity contribution in [3.63, 3.8) is 0 Å². The van der Waals surface area contributed by atoms with Crippen LogP contribution in [0.25, 0.3) is 0 Å². The Labute approximate surface area is 171 Å². The summed E-state index contributed by atoms with van der Waals surface area (Å²) in [5.41, 5.74) is 1.30. The smallest absolute Gasteiger partial charge is 0.231 e. The molecule has 1 atom stereocenters. The van der Waals surface area contributed by atoms with Gasteiger partial charge in [-0.1, -0.05) is 13.8 Å². The highest BCUT2D eigenvalue weighted by Gasteiger charge is 2.36. The molecule has 2 aliphatic rings. The summed E-state index contributed by atoms with van der Waals surface area (Å²) in [5.74, 6) is 3.16. The van der Waals surface area contributed by atoms with Gasteiger partial charge in [0.05, 0.1) is 13.2 Å². The van der Waals surface area contributed by atoms with E-state index in [1.807, 2.05) is 10.7 Å². The Bertz CT molecular complexity index is 803. The average molecular weight is 405 g/mol. The van der Waals surface area contributed by atoms with Crippen molar-refractivity contribution < 1.29 is 24.0 Å². The number of benzene rings is 1. The largest absolute Gasteiger partial charge is 0.454 e. The summed E-state index contributed by atoms with van der Waals surface area (Å²) in [4.78, 5) is 3.18. The summed E-state index contributed by atoms with van der Waals surface area (Å²) in [6.45, 7) is 11.7. The number of nitrogens with one attached hydrogen (secondary N) is 2. The third kappa shape index (κ3) is 4.52. The molecule has 1 aromatic heterocycles. The van der Waals surface area contributed by atoms with E-state index in [4.69, 9.17) is 14.2 Å². The lowest BCUT2D eigenvalue weighted by Crippen LogP contribution is -3.27. The minimum absolute atomic E-state index is 0.300. The highest BCUT2D eigenvalue weighted by Crippen LogP contribution is 2.32. The van der Waals surface area contributed by atoms with Crippen molar-refractivity contribution in [2.75, 3.05) is 46.7 Å². The standard InChI is InChI=1S/C20H30N6O3/c1-15(2)19(20-21-22-23-26(20)10-11-27-3)25-8-6-24(7-9-25)13-16-4-5-17-18(12-16)29-14-28-17/h4-5,12,15,19H,6-11,13-14H2,1-3H3/p+2/t19-/m1/s1. The van der Waals surface area contributed by atoms with Gasteiger partial charge in [-0.3, -0.25) is 0 Å². The number of nitrogens with zero attached hydrogens (tertiary/aromatic N) is 4. The van der Waals surface area contributed by atoms with Crippen molar-refractivity contribution in [1.29, 1.82) is 0 Å². The number of methoxy groups -OCH3 is 1. The molecule has 2 N–H and O–H groups in total. The second-order valence-corrected chi connectivity index (χ2v) is 8.25. The fourth-order valence-corrected chi connectivity index (χ4v) is 4.48. The maximum atomic E-state index is 5.52. The molecule has 0 amide bonds. The van der Waals surface area contributed by atoms with Gasteiger partial charge >= 0.3 is 0 Å². The Morgan fingerprint density at radius 2 is 1.93 bits per heavy atom. The average Bonchev–Trinajstić information content (AvgIpc) is 3.37. The van der Waals surface area contributed by atoms with Crippen molar-refractivity contribution in [3.05, 3.63) is 29.6 Å². The van der Waals surface area contributed by atoms with Gasteiger partial charge in [-0.05, 0) is 28.6 Å². The minimum Gasteiger partial charge on any atom is -0.454 e. The second-order valence-electron chi connectivity index (χ2n) is 8.25. The molecule has 0 bridgehead atoms. The monoisotopic (exact) mass is 404 g/mol. The van der Waals surface area contributed by atoms with Crippen LogP contribution in [-0.2, 0) is 17.8 Å². The van der Waals surface area contributed by atoms with Crippen molar-refractivity contribution in [2.45, 2.75) is 33.0 Å². The molecule has 0 radical (unpaired) electrons. The summed E-state index contributed by atoms with van der Waals surface area (Å²) in [5, 5.41) is 12.5. The Morgan fingerprint density at radius 3 is 2.69 bits per heavy atom. The molecule has 3 heterocycles. The highest BCUT2D eigenvalue weighted by atomic mass is 16.7. The molecule has 2 aliphatic heterocycles. The van der Waals surface area contributed by atoms with Gasteiger partial charge in [-0.15, -0.1) is 5.10 Å². The number of aromatic nitrogens is 4. The van der Waals surface area contributed by atoms with Crippen molar-refractivity contribution in [1.82, 2.24) is 20.2 Å². The van der Waals surface area contributed by atoms with E-state index in [2.05, 4.69) is 41.5 Å². The van der Waals surface area contributed by atoms with E-state index in [-0.39, 0.29) is 0 Å². The molecule has 1 aromatic carbocycles. The first-order valence-electron chi connectivity index (χ1n) is 10.5. The lowest BCUT2D eigenvalue weighted by Gasteiger charge is -2.35. The van der Waals surface area contributed by atoms with Gasteiger partial charge in [0.15, 0.2) is 17.5 Å². The molecule has 29 heavy (non-hydrogen) atoms. The van der Waals surface area contributed by atoms with Gasteiger partial charge in [-0.25, -0.2) is 4.68 Å². The van der Waals surface area contributed by atoms with Gasteiger partial charge in [0, 0.05) is 18.6 Å². The molecule has 9 nitrogen and oxygen atoms in total. The van der Waals surface area contributed by atoms with Crippen LogP contribution in [0.15, 0.2) is 18.2 Å². The number of hydrogen-bond acceptors (Lipinski definition) is 6. The van der Waals surface area contributed by atoms with Crippen molar-refractivity contribution >= 4 is 0 Å². The zero-order valence-corrected chi connectivity index (χ0v) is 17.6. The molecule has 9 heteroatoms. The van der Waals surface area contributed by atoms with E-state index in [0.717, 1.165) is 50.0 Å². The molecule has 4 rings (SSSR count). The highest BCUT2D eigenvalue weighted by molar-refractivity contribution is 5.44. The Balaban J connectivity index is 1.38. The summed E-state index contributed by atoms with van der Waals surface area (Å²) >= 11 is 0. The Kier molecular flexibility index (Phi) is 6.27. The zero-order chi connectivity index (χ0) is 20.2. The Hall–Kier alpha value is -2.23. The van der Waals surface area contributed by atoms with Gasteiger partial charge in [0.25, 0.3) is 0 Å². The molecule has 0 aliphatic carbocycles. The summed E-state index contributed by atoms with van der Waals surface area (Å²) < 4.78 is 18.1. The maximum Gasteiger partial charge on any atom is 0.231 e. The van der Waals surface area contributed by atoms with E-state index in [1.165, 1.54) is 5.56 Å². The molecule has 0 spiro atoms. The zero-order valence-electron chi connectivity index (χ0n) is 17.6. The number of rotatable bonds is 8. The van der Waals surface area contributed by atoms with E-state index >= 15 is 0 Å². The van der Waals surface area contributed by atoms with Crippen LogP contribution in [-0.4, -0.2) is 66.9 Å². The number of piperazine rings is 1. The molecule has 158 valence electrons. The van der Waals surface area contributed by atoms with Crippen molar-refractivity contribution in [3.8, 4) is 11.5 Å². The second kappa shape index (κ2) is 9.06. The van der Waals surface area contributed by atoms with Crippen molar-refractivity contribution in [2.24, 2.45) is 5.92 Å². The van der Waals surface area contributed by atoms with Gasteiger partial charge in [0.1, 0.15) is 32.7 Å². The maximum absolute atomic E-state index is 5.52. The predicted molar refractivity (Wildman–Crippen MR) is 105 cm³/mol. The lowest BCUT2D eigenvalue weighted by molar-refractivity contribution is -1.03. The Morgan fingerprint density at radius 1 is 1.14 bits per heavy atom. The van der Waals surface area contributed by atoms with Crippen LogP contribution in [0.1, 0.15) is 31.3 Å². The number of fused-ring (bicyclic) bond motifs is 1.